The Hall–Kier alpha value is -1.35. The second-order valence-corrected chi connectivity index (χ2v) is 5.30. The third kappa shape index (κ3) is 2.91. The van der Waals surface area contributed by atoms with Crippen LogP contribution in [0.3, 0.4) is 0 Å². The first-order valence-electron chi connectivity index (χ1n) is 6.59. The molecule has 0 bridgehead atoms. The molecule has 0 radical (unpaired) electrons. The van der Waals surface area contributed by atoms with Gasteiger partial charge in [0.1, 0.15) is 5.75 Å². The Labute approximate surface area is 109 Å². The van der Waals surface area contributed by atoms with Gasteiger partial charge in [0.25, 0.3) is 0 Å². The summed E-state index contributed by atoms with van der Waals surface area (Å²) < 4.78 is 5.57. The molecule has 1 saturated heterocycles. The first-order chi connectivity index (χ1) is 8.58. The zero-order valence-corrected chi connectivity index (χ0v) is 11.3. The molecule has 98 valence electrons. The predicted octanol–water partition coefficient (Wildman–Crippen LogP) is 2.51. The maximum absolute atomic E-state index is 12.3. The van der Waals surface area contributed by atoms with Crippen molar-refractivity contribution in [2.45, 2.75) is 26.9 Å². The normalized spacial score (nSPS) is 23.3. The average molecular weight is 247 g/mol. The van der Waals surface area contributed by atoms with E-state index in [1.165, 1.54) is 0 Å². The Morgan fingerprint density at radius 1 is 1.28 bits per heavy atom. The van der Waals surface area contributed by atoms with Gasteiger partial charge < -0.3 is 10.1 Å². The van der Waals surface area contributed by atoms with E-state index in [-0.39, 0.29) is 17.8 Å². The number of benzene rings is 1. The van der Waals surface area contributed by atoms with Crippen molar-refractivity contribution >= 4 is 5.78 Å². The van der Waals surface area contributed by atoms with E-state index in [0.717, 1.165) is 24.4 Å². The van der Waals surface area contributed by atoms with Crippen LogP contribution in [0.15, 0.2) is 24.3 Å². The van der Waals surface area contributed by atoms with Crippen LogP contribution < -0.4 is 10.1 Å². The van der Waals surface area contributed by atoms with Crippen LogP contribution in [0.25, 0.3) is 0 Å². The fourth-order valence-corrected chi connectivity index (χ4v) is 2.35. The number of Topliss-reactive ketones (excluding diaryl/α,β-unsaturated/α-hetero) is 1. The van der Waals surface area contributed by atoms with E-state index in [1.807, 2.05) is 38.1 Å². The molecule has 2 rings (SSSR count). The number of hydrogen-bond donors (Lipinski definition) is 1. The molecule has 0 aliphatic carbocycles. The van der Waals surface area contributed by atoms with E-state index in [1.54, 1.807) is 0 Å². The van der Waals surface area contributed by atoms with Crippen molar-refractivity contribution in [2.24, 2.45) is 11.8 Å². The van der Waals surface area contributed by atoms with E-state index in [2.05, 4.69) is 12.2 Å². The van der Waals surface area contributed by atoms with Crippen LogP contribution in [0.1, 0.15) is 31.1 Å². The topological polar surface area (TPSA) is 38.3 Å². The van der Waals surface area contributed by atoms with Gasteiger partial charge in [-0.2, -0.15) is 0 Å². The third-order valence-corrected chi connectivity index (χ3v) is 3.36. The molecule has 0 spiro atoms. The largest absolute Gasteiger partial charge is 0.491 e. The first kappa shape index (κ1) is 13.1. The van der Waals surface area contributed by atoms with Crippen LogP contribution in [-0.4, -0.2) is 25.0 Å². The summed E-state index contributed by atoms with van der Waals surface area (Å²) in [5.41, 5.74) is 0.784. The zero-order chi connectivity index (χ0) is 13.1. The van der Waals surface area contributed by atoms with Crippen molar-refractivity contribution in [2.75, 3.05) is 13.1 Å². The van der Waals surface area contributed by atoms with Gasteiger partial charge in [-0.15, -0.1) is 0 Å². The molecule has 0 aromatic heterocycles. The molecule has 3 nitrogen and oxygen atoms in total. The summed E-state index contributed by atoms with van der Waals surface area (Å²) in [5.74, 6) is 1.59. The molecule has 18 heavy (non-hydrogen) atoms. The van der Waals surface area contributed by atoms with Crippen molar-refractivity contribution in [3.63, 3.8) is 0 Å². The molecule has 1 N–H and O–H groups in total. The van der Waals surface area contributed by atoms with Gasteiger partial charge in [0, 0.05) is 18.0 Å². The van der Waals surface area contributed by atoms with E-state index >= 15 is 0 Å². The summed E-state index contributed by atoms with van der Waals surface area (Å²) in [6.45, 7) is 7.84. The van der Waals surface area contributed by atoms with Crippen molar-refractivity contribution in [3.8, 4) is 5.75 Å². The highest BCUT2D eigenvalue weighted by molar-refractivity contribution is 5.98. The highest BCUT2D eigenvalue weighted by atomic mass is 16.5. The van der Waals surface area contributed by atoms with E-state index < -0.39 is 0 Å². The number of ether oxygens (including phenoxy) is 1. The molecular weight excluding hydrogens is 226 g/mol. The molecular formula is C15H21NO2. The summed E-state index contributed by atoms with van der Waals surface area (Å²) in [6.07, 6.45) is 0.158. The molecule has 2 unspecified atom stereocenters. The second kappa shape index (κ2) is 5.53. The van der Waals surface area contributed by atoms with Gasteiger partial charge in [-0.3, -0.25) is 4.79 Å². The Balaban J connectivity index is 2.07. The van der Waals surface area contributed by atoms with Gasteiger partial charge in [-0.25, -0.2) is 0 Å². The van der Waals surface area contributed by atoms with E-state index in [4.69, 9.17) is 4.74 Å². The Kier molecular flexibility index (Phi) is 4.02. The van der Waals surface area contributed by atoms with Crippen LogP contribution >= 0.6 is 0 Å². The smallest absolute Gasteiger partial charge is 0.167 e. The van der Waals surface area contributed by atoms with Crippen molar-refractivity contribution in [1.82, 2.24) is 5.32 Å². The van der Waals surface area contributed by atoms with E-state index in [9.17, 15) is 4.79 Å². The highest BCUT2D eigenvalue weighted by Gasteiger charge is 2.29. The van der Waals surface area contributed by atoms with Gasteiger partial charge in [0.15, 0.2) is 5.78 Å². The molecule has 1 aromatic carbocycles. The van der Waals surface area contributed by atoms with Crippen molar-refractivity contribution in [1.29, 1.82) is 0 Å². The van der Waals surface area contributed by atoms with Gasteiger partial charge >= 0.3 is 0 Å². The zero-order valence-electron chi connectivity index (χ0n) is 11.3. The highest BCUT2D eigenvalue weighted by Crippen LogP contribution is 2.22. The van der Waals surface area contributed by atoms with Crippen LogP contribution in [0.5, 0.6) is 5.75 Å². The van der Waals surface area contributed by atoms with Gasteiger partial charge in [-0.1, -0.05) is 6.92 Å². The lowest BCUT2D eigenvalue weighted by Gasteiger charge is -2.14. The number of ketones is 1. The lowest BCUT2D eigenvalue weighted by atomic mass is 9.90. The Morgan fingerprint density at radius 2 is 1.94 bits per heavy atom. The van der Waals surface area contributed by atoms with Crippen molar-refractivity contribution in [3.05, 3.63) is 29.8 Å². The van der Waals surface area contributed by atoms with Crippen LogP contribution in [0, 0.1) is 11.8 Å². The molecule has 1 aliphatic heterocycles. The minimum absolute atomic E-state index is 0.113. The summed E-state index contributed by atoms with van der Waals surface area (Å²) >= 11 is 0. The number of nitrogens with one attached hydrogen (secondary N) is 1. The predicted molar refractivity (Wildman–Crippen MR) is 72.1 cm³/mol. The second-order valence-electron chi connectivity index (χ2n) is 5.30. The average Bonchev–Trinajstić information content (AvgIpc) is 2.75. The minimum atomic E-state index is 0.113. The molecule has 0 saturated carbocycles. The standard InChI is InChI=1S/C15H21NO2/c1-10(2)18-13-6-4-12(5-7-13)15(17)14-9-16-8-11(14)3/h4-7,10-11,14,16H,8-9H2,1-3H3. The lowest BCUT2D eigenvalue weighted by Crippen LogP contribution is -2.21. The van der Waals surface area contributed by atoms with Gasteiger partial charge in [-0.05, 0) is 50.6 Å². The Bertz CT molecular complexity index is 411. The van der Waals surface area contributed by atoms with Gasteiger partial charge in [0.05, 0.1) is 6.10 Å². The Morgan fingerprint density at radius 3 is 2.44 bits per heavy atom. The minimum Gasteiger partial charge on any atom is -0.491 e. The third-order valence-electron chi connectivity index (χ3n) is 3.36. The number of rotatable bonds is 4. The molecule has 1 fully saturated rings. The molecule has 2 atom stereocenters. The number of hydrogen-bond acceptors (Lipinski definition) is 3. The van der Waals surface area contributed by atoms with Crippen LogP contribution in [-0.2, 0) is 0 Å². The number of carbonyl (C=O) groups is 1. The monoisotopic (exact) mass is 247 g/mol. The quantitative estimate of drug-likeness (QED) is 0.831. The summed E-state index contributed by atoms with van der Waals surface area (Å²) in [7, 11) is 0. The van der Waals surface area contributed by atoms with E-state index in [0.29, 0.717) is 5.92 Å². The first-order valence-corrected chi connectivity index (χ1v) is 6.59. The SMILES string of the molecule is CC(C)Oc1ccc(C(=O)C2CNCC2C)cc1. The molecule has 0 amide bonds. The number of carbonyl (C=O) groups excluding carboxylic acids is 1. The fourth-order valence-electron chi connectivity index (χ4n) is 2.35. The summed E-state index contributed by atoms with van der Waals surface area (Å²) in [5, 5.41) is 3.26. The van der Waals surface area contributed by atoms with Crippen molar-refractivity contribution < 1.29 is 9.53 Å². The molecule has 1 heterocycles. The molecule has 1 aliphatic rings. The van der Waals surface area contributed by atoms with Crippen LogP contribution in [0.4, 0.5) is 0 Å². The molecule has 1 aromatic rings. The van der Waals surface area contributed by atoms with Gasteiger partial charge in [0.2, 0.25) is 0 Å². The van der Waals surface area contributed by atoms with Crippen LogP contribution in [0.2, 0.25) is 0 Å². The summed E-state index contributed by atoms with van der Waals surface area (Å²) in [6, 6.07) is 7.48. The maximum atomic E-state index is 12.3. The maximum Gasteiger partial charge on any atom is 0.167 e. The summed E-state index contributed by atoms with van der Waals surface area (Å²) in [4.78, 5) is 12.3. The molecule has 3 heteroatoms. The fraction of sp³-hybridized carbons (Fsp3) is 0.533. The lowest BCUT2D eigenvalue weighted by molar-refractivity contribution is 0.0907.